The smallest absolute Gasteiger partial charge is 0.325 e. The second-order valence-electron chi connectivity index (χ2n) is 5.38. The zero-order valence-corrected chi connectivity index (χ0v) is 18.0. The van der Waals surface area contributed by atoms with Crippen LogP contribution in [-0.4, -0.2) is 32.0 Å². The van der Waals surface area contributed by atoms with Crippen LogP contribution in [0.15, 0.2) is 34.2 Å². The minimum atomic E-state index is -3.92. The zero-order valence-electron chi connectivity index (χ0n) is 14.0. The summed E-state index contributed by atoms with van der Waals surface area (Å²) < 4.78 is 30.3. The van der Waals surface area contributed by atoms with Crippen molar-refractivity contribution >= 4 is 78.0 Å². The van der Waals surface area contributed by atoms with Gasteiger partial charge in [0.15, 0.2) is 4.80 Å². The molecule has 1 aromatic carbocycles. The van der Waals surface area contributed by atoms with E-state index in [9.17, 15) is 18.0 Å². The Hall–Kier alpha value is -1.76. The molecule has 0 bridgehead atoms. The van der Waals surface area contributed by atoms with Gasteiger partial charge in [0.1, 0.15) is 10.9 Å². The van der Waals surface area contributed by atoms with Crippen LogP contribution < -0.4 is 9.94 Å². The van der Waals surface area contributed by atoms with E-state index in [1.54, 1.807) is 0 Å². The second kappa shape index (κ2) is 7.93. The number of methoxy groups -OCH3 is 1. The third-order valence-electron chi connectivity index (χ3n) is 3.58. The number of nitrogens with zero attached hydrogens (tertiary/aromatic N) is 2. The molecule has 8 nitrogen and oxygen atoms in total. The molecule has 28 heavy (non-hydrogen) atoms. The number of hydrogen-bond acceptors (Lipinski definition) is 7. The van der Waals surface area contributed by atoms with Crippen molar-refractivity contribution < 1.29 is 22.7 Å². The Bertz CT molecular complexity index is 1270. The highest BCUT2D eigenvalue weighted by molar-refractivity contribution is 7.89. The van der Waals surface area contributed by atoms with Crippen molar-refractivity contribution in [1.29, 1.82) is 0 Å². The number of hydrogen-bond donors (Lipinski definition) is 1. The number of nitrogens with two attached hydrogens (primary N) is 1. The van der Waals surface area contributed by atoms with Crippen molar-refractivity contribution in [1.82, 2.24) is 4.57 Å². The molecular formula is C15H11Cl2N3O5S3. The summed E-state index contributed by atoms with van der Waals surface area (Å²) in [6, 6.07) is 5.53. The summed E-state index contributed by atoms with van der Waals surface area (Å²) in [5, 5.41) is 5.16. The van der Waals surface area contributed by atoms with Gasteiger partial charge in [0.2, 0.25) is 10.0 Å². The lowest BCUT2D eigenvalue weighted by molar-refractivity contribution is -0.141. The van der Waals surface area contributed by atoms with Gasteiger partial charge in [-0.05, 0) is 24.3 Å². The van der Waals surface area contributed by atoms with E-state index in [-0.39, 0.29) is 26.1 Å². The lowest BCUT2D eigenvalue weighted by Crippen LogP contribution is -2.22. The molecule has 0 aliphatic heterocycles. The molecular weight excluding hydrogens is 469 g/mol. The highest BCUT2D eigenvalue weighted by Gasteiger charge is 2.17. The van der Waals surface area contributed by atoms with Gasteiger partial charge in [0.05, 0.1) is 32.1 Å². The summed E-state index contributed by atoms with van der Waals surface area (Å²) in [5.74, 6) is -1.22. The minimum absolute atomic E-state index is 0.1000. The molecule has 2 aromatic heterocycles. The molecule has 13 heteroatoms. The van der Waals surface area contributed by atoms with Gasteiger partial charge in [-0.15, -0.1) is 11.3 Å². The van der Waals surface area contributed by atoms with Crippen molar-refractivity contribution in [3.63, 3.8) is 0 Å². The number of thiophene rings is 1. The number of sulfonamides is 1. The number of thiazole rings is 1. The fourth-order valence-corrected chi connectivity index (χ4v) is 5.42. The number of rotatable bonds is 4. The molecule has 0 aliphatic rings. The summed E-state index contributed by atoms with van der Waals surface area (Å²) in [5.41, 5.74) is 0.618. The first-order valence-electron chi connectivity index (χ1n) is 7.37. The lowest BCUT2D eigenvalue weighted by Gasteiger charge is -2.04. The van der Waals surface area contributed by atoms with Crippen LogP contribution in [0, 0.1) is 0 Å². The van der Waals surface area contributed by atoms with Crippen LogP contribution in [0.25, 0.3) is 10.2 Å². The van der Waals surface area contributed by atoms with Gasteiger partial charge >= 0.3 is 5.97 Å². The molecule has 0 unspecified atom stereocenters. The average molecular weight is 480 g/mol. The van der Waals surface area contributed by atoms with Crippen molar-refractivity contribution in [2.45, 2.75) is 11.4 Å². The van der Waals surface area contributed by atoms with Crippen LogP contribution >= 0.6 is 45.9 Å². The first kappa shape index (κ1) is 21.0. The molecule has 2 N–H and O–H groups in total. The molecule has 148 valence electrons. The number of amides is 1. The summed E-state index contributed by atoms with van der Waals surface area (Å²) in [6.07, 6.45) is 0. The van der Waals surface area contributed by atoms with E-state index in [1.807, 2.05) is 0 Å². The van der Waals surface area contributed by atoms with Gasteiger partial charge in [0.25, 0.3) is 5.91 Å². The van der Waals surface area contributed by atoms with Gasteiger partial charge in [-0.3, -0.25) is 9.59 Å². The van der Waals surface area contributed by atoms with Crippen LogP contribution in [0.2, 0.25) is 8.67 Å². The highest BCUT2D eigenvalue weighted by atomic mass is 35.5. The van der Waals surface area contributed by atoms with Gasteiger partial charge < -0.3 is 9.30 Å². The van der Waals surface area contributed by atoms with Gasteiger partial charge in [-0.2, -0.15) is 4.99 Å². The molecule has 0 fully saturated rings. The third kappa shape index (κ3) is 4.29. The van der Waals surface area contributed by atoms with Gasteiger partial charge in [-0.1, -0.05) is 34.5 Å². The predicted octanol–water partition coefficient (Wildman–Crippen LogP) is 2.63. The Balaban J connectivity index is 2.21. The largest absolute Gasteiger partial charge is 0.468 e. The summed E-state index contributed by atoms with van der Waals surface area (Å²) >= 11 is 13.9. The Morgan fingerprint density at radius 3 is 2.54 bits per heavy atom. The normalized spacial score (nSPS) is 12.5. The van der Waals surface area contributed by atoms with Gasteiger partial charge in [0, 0.05) is 0 Å². The van der Waals surface area contributed by atoms with E-state index in [4.69, 9.17) is 28.3 Å². The van der Waals surface area contributed by atoms with Crippen LogP contribution in [-0.2, 0) is 26.1 Å². The molecule has 2 heterocycles. The van der Waals surface area contributed by atoms with E-state index >= 15 is 0 Å². The average Bonchev–Trinajstić information content (AvgIpc) is 3.13. The van der Waals surface area contributed by atoms with E-state index in [0.717, 1.165) is 22.7 Å². The monoisotopic (exact) mass is 479 g/mol. The number of primary sulfonamides is 1. The molecule has 3 rings (SSSR count). The summed E-state index contributed by atoms with van der Waals surface area (Å²) in [7, 11) is -2.69. The predicted molar refractivity (Wildman–Crippen MR) is 107 cm³/mol. The van der Waals surface area contributed by atoms with Crippen molar-refractivity contribution in [2.75, 3.05) is 7.11 Å². The molecule has 0 atom stereocenters. The molecule has 0 aliphatic carbocycles. The van der Waals surface area contributed by atoms with Crippen LogP contribution in [0.1, 0.15) is 10.4 Å². The van der Waals surface area contributed by atoms with Crippen molar-refractivity contribution in [2.24, 2.45) is 10.1 Å². The maximum Gasteiger partial charge on any atom is 0.325 e. The number of halogens is 2. The molecule has 0 saturated carbocycles. The van der Waals surface area contributed by atoms with E-state index in [2.05, 4.69) is 9.73 Å². The maximum atomic E-state index is 12.5. The first-order valence-corrected chi connectivity index (χ1v) is 11.3. The minimum Gasteiger partial charge on any atom is -0.468 e. The molecule has 0 radical (unpaired) electrons. The maximum absolute atomic E-state index is 12.5. The Morgan fingerprint density at radius 1 is 1.25 bits per heavy atom. The Kier molecular flexibility index (Phi) is 5.94. The van der Waals surface area contributed by atoms with E-state index in [0.29, 0.717) is 14.6 Å². The Labute approximate surface area is 176 Å². The van der Waals surface area contributed by atoms with E-state index in [1.165, 1.54) is 35.9 Å². The molecule has 1 amide bonds. The topological polar surface area (TPSA) is 121 Å². The number of ether oxygens (including phenoxy) is 1. The number of aromatic nitrogens is 1. The summed E-state index contributed by atoms with van der Waals surface area (Å²) in [6.45, 7) is -0.227. The number of esters is 1. The number of benzene rings is 1. The first-order chi connectivity index (χ1) is 13.1. The second-order valence-corrected chi connectivity index (χ2v) is 10.2. The number of carbonyl (C=O) groups is 2. The van der Waals surface area contributed by atoms with Crippen LogP contribution in [0.5, 0.6) is 0 Å². The quantitative estimate of drug-likeness (QED) is 0.576. The molecule has 0 saturated heterocycles. The van der Waals surface area contributed by atoms with Crippen LogP contribution in [0.4, 0.5) is 0 Å². The third-order valence-corrected chi connectivity index (χ3v) is 7.02. The standard InChI is InChI=1S/C15H11Cl2N3O5S3/c1-25-12(21)6-20-9-3-2-7(28(18,23)24)4-10(9)26-15(20)19-14(22)8-5-11(16)27-13(8)17/h2-5H,6H2,1H3,(H2,18,23,24). The van der Waals surface area contributed by atoms with Gasteiger partial charge in [-0.25, -0.2) is 13.6 Å². The highest BCUT2D eigenvalue weighted by Crippen LogP contribution is 2.31. The van der Waals surface area contributed by atoms with E-state index < -0.39 is 21.9 Å². The fourth-order valence-electron chi connectivity index (χ4n) is 2.30. The molecule has 3 aromatic rings. The van der Waals surface area contributed by atoms with Crippen molar-refractivity contribution in [3.05, 3.63) is 43.3 Å². The number of carbonyl (C=O) groups excluding carboxylic acids is 2. The van der Waals surface area contributed by atoms with Crippen LogP contribution in [0.3, 0.4) is 0 Å². The fraction of sp³-hybridized carbons (Fsp3) is 0.133. The lowest BCUT2D eigenvalue weighted by atomic mass is 10.3. The summed E-state index contributed by atoms with van der Waals surface area (Å²) in [4.78, 5) is 28.4. The molecule has 0 spiro atoms. The Morgan fingerprint density at radius 2 is 1.96 bits per heavy atom. The number of fused-ring (bicyclic) bond motifs is 1. The van der Waals surface area contributed by atoms with Crippen molar-refractivity contribution in [3.8, 4) is 0 Å². The zero-order chi connectivity index (χ0) is 20.6. The SMILES string of the molecule is COC(=O)Cn1c(=NC(=O)c2cc(Cl)sc2Cl)sc2cc(S(N)(=O)=O)ccc21.